The van der Waals surface area contributed by atoms with E-state index in [0.29, 0.717) is 18.9 Å². The fourth-order valence-electron chi connectivity index (χ4n) is 6.08. The van der Waals surface area contributed by atoms with E-state index in [4.69, 9.17) is 0 Å². The second-order valence-electron chi connectivity index (χ2n) is 9.17. The topological polar surface area (TPSA) is 72.9 Å². The number of carbonyl (C=O) groups is 2. The summed E-state index contributed by atoms with van der Waals surface area (Å²) in [5.41, 5.74) is 0. The van der Waals surface area contributed by atoms with Gasteiger partial charge in [-0.05, 0) is 89.1 Å². The standard InChI is InChI=1S/C21H35N3O3/c25-20(26)17-3-7-19(8-4-17)24-14-13-23(21(24)27)18-5-1-15(2-6-18)16-9-11-22-12-10-16/h15-19,22H,1-14H2,(H,25,26)/t15-,17-,18+,19-. The smallest absolute Gasteiger partial charge is 0.320 e. The molecule has 2 heterocycles. The Balaban J connectivity index is 1.26. The van der Waals surface area contributed by atoms with Gasteiger partial charge in [-0.1, -0.05) is 0 Å². The molecule has 6 nitrogen and oxygen atoms in total. The number of hydrogen-bond acceptors (Lipinski definition) is 3. The maximum atomic E-state index is 13.0. The van der Waals surface area contributed by atoms with Crippen molar-refractivity contribution in [2.24, 2.45) is 17.8 Å². The Hall–Kier alpha value is -1.30. The van der Waals surface area contributed by atoms with E-state index >= 15 is 0 Å². The van der Waals surface area contributed by atoms with E-state index in [1.807, 2.05) is 0 Å². The molecule has 0 aromatic heterocycles. The molecule has 4 rings (SSSR count). The van der Waals surface area contributed by atoms with Gasteiger partial charge in [0.05, 0.1) is 5.92 Å². The zero-order chi connectivity index (χ0) is 18.8. The van der Waals surface area contributed by atoms with Crippen LogP contribution in [0.15, 0.2) is 0 Å². The van der Waals surface area contributed by atoms with Crippen LogP contribution in [0.25, 0.3) is 0 Å². The monoisotopic (exact) mass is 377 g/mol. The molecule has 0 bridgehead atoms. The fraction of sp³-hybridized carbons (Fsp3) is 0.905. The zero-order valence-corrected chi connectivity index (χ0v) is 16.4. The summed E-state index contributed by atoms with van der Waals surface area (Å²) in [5, 5.41) is 12.6. The van der Waals surface area contributed by atoms with Gasteiger partial charge in [-0.2, -0.15) is 0 Å². The third kappa shape index (κ3) is 4.10. The molecule has 2 aliphatic carbocycles. The third-order valence-electron chi connectivity index (χ3n) is 7.79. The summed E-state index contributed by atoms with van der Waals surface area (Å²) in [6.45, 7) is 4.04. The van der Waals surface area contributed by atoms with Crippen molar-refractivity contribution in [3.05, 3.63) is 0 Å². The van der Waals surface area contributed by atoms with E-state index in [2.05, 4.69) is 15.1 Å². The first-order valence-electron chi connectivity index (χ1n) is 11.1. The van der Waals surface area contributed by atoms with Gasteiger partial charge in [0.15, 0.2) is 0 Å². The molecule has 0 spiro atoms. The molecule has 2 saturated heterocycles. The molecule has 27 heavy (non-hydrogen) atoms. The summed E-state index contributed by atoms with van der Waals surface area (Å²) in [5.74, 6) is 0.875. The highest BCUT2D eigenvalue weighted by Gasteiger charge is 2.40. The van der Waals surface area contributed by atoms with Gasteiger partial charge in [-0.15, -0.1) is 0 Å². The number of hydrogen-bond donors (Lipinski definition) is 2. The van der Waals surface area contributed by atoms with Gasteiger partial charge >= 0.3 is 12.0 Å². The van der Waals surface area contributed by atoms with E-state index < -0.39 is 5.97 Å². The molecule has 0 radical (unpaired) electrons. The van der Waals surface area contributed by atoms with Crippen molar-refractivity contribution >= 4 is 12.0 Å². The van der Waals surface area contributed by atoms with E-state index in [1.165, 1.54) is 51.6 Å². The molecular formula is C21H35N3O3. The Labute approximate surface area is 162 Å². The first kappa shape index (κ1) is 19.0. The number of carbonyl (C=O) groups excluding carboxylic acids is 1. The van der Waals surface area contributed by atoms with Crippen LogP contribution in [0.2, 0.25) is 0 Å². The van der Waals surface area contributed by atoms with E-state index in [9.17, 15) is 14.7 Å². The summed E-state index contributed by atoms with van der Waals surface area (Å²) in [4.78, 5) is 28.4. The summed E-state index contributed by atoms with van der Waals surface area (Å²) < 4.78 is 0. The minimum atomic E-state index is -0.673. The van der Waals surface area contributed by atoms with E-state index in [1.54, 1.807) is 0 Å². The Morgan fingerprint density at radius 1 is 0.778 bits per heavy atom. The Morgan fingerprint density at radius 3 is 1.78 bits per heavy atom. The van der Waals surface area contributed by atoms with E-state index in [0.717, 1.165) is 37.8 Å². The van der Waals surface area contributed by atoms with Crippen LogP contribution in [0.1, 0.15) is 64.2 Å². The number of nitrogens with one attached hydrogen (secondary N) is 1. The number of urea groups is 1. The maximum Gasteiger partial charge on any atom is 0.320 e. The van der Waals surface area contributed by atoms with Crippen LogP contribution in [-0.4, -0.2) is 65.2 Å². The summed E-state index contributed by atoms with van der Waals surface area (Å²) >= 11 is 0. The normalized spacial score (nSPS) is 36.2. The zero-order valence-electron chi connectivity index (χ0n) is 16.4. The summed E-state index contributed by atoms with van der Waals surface area (Å²) in [6, 6.07) is 0.902. The molecule has 152 valence electrons. The van der Waals surface area contributed by atoms with Crippen molar-refractivity contribution in [1.29, 1.82) is 0 Å². The number of rotatable bonds is 4. The van der Waals surface area contributed by atoms with Crippen LogP contribution < -0.4 is 5.32 Å². The highest BCUT2D eigenvalue weighted by Crippen LogP contribution is 2.38. The molecule has 0 atom stereocenters. The summed E-state index contributed by atoms with van der Waals surface area (Å²) in [6.07, 6.45) is 10.7. The van der Waals surface area contributed by atoms with Crippen LogP contribution in [0, 0.1) is 17.8 Å². The highest BCUT2D eigenvalue weighted by atomic mass is 16.4. The Kier molecular flexibility index (Phi) is 5.90. The number of carboxylic acid groups (broad SMARTS) is 1. The molecule has 0 aromatic carbocycles. The molecule has 0 unspecified atom stereocenters. The third-order valence-corrected chi connectivity index (χ3v) is 7.79. The molecule has 2 saturated carbocycles. The first-order chi connectivity index (χ1) is 13.1. The lowest BCUT2D eigenvalue weighted by Gasteiger charge is -2.39. The largest absolute Gasteiger partial charge is 0.481 e. The van der Waals surface area contributed by atoms with Crippen LogP contribution in [0.5, 0.6) is 0 Å². The molecule has 4 aliphatic rings. The molecule has 2 aliphatic heterocycles. The van der Waals surface area contributed by atoms with Gasteiger partial charge < -0.3 is 20.2 Å². The van der Waals surface area contributed by atoms with Gasteiger partial charge in [0.1, 0.15) is 0 Å². The second kappa shape index (κ2) is 8.38. The first-order valence-corrected chi connectivity index (χ1v) is 11.1. The number of carboxylic acids is 1. The van der Waals surface area contributed by atoms with Crippen LogP contribution >= 0.6 is 0 Å². The Bertz CT molecular complexity index is 533. The lowest BCUT2D eigenvalue weighted by molar-refractivity contribution is -0.143. The number of nitrogens with zero attached hydrogens (tertiary/aromatic N) is 2. The predicted molar refractivity (Wildman–Crippen MR) is 104 cm³/mol. The van der Waals surface area contributed by atoms with Crippen molar-refractivity contribution in [3.63, 3.8) is 0 Å². The fourth-order valence-corrected chi connectivity index (χ4v) is 6.08. The Morgan fingerprint density at radius 2 is 1.26 bits per heavy atom. The van der Waals surface area contributed by atoms with Gasteiger partial charge in [0, 0.05) is 25.2 Å². The lowest BCUT2D eigenvalue weighted by Crippen LogP contribution is -2.45. The van der Waals surface area contributed by atoms with Crippen LogP contribution in [0.4, 0.5) is 4.79 Å². The average Bonchev–Trinajstić information content (AvgIpc) is 3.10. The van der Waals surface area contributed by atoms with Crippen LogP contribution in [-0.2, 0) is 4.79 Å². The van der Waals surface area contributed by atoms with Gasteiger partial charge in [0.2, 0.25) is 0 Å². The molecule has 4 fully saturated rings. The molecule has 6 heteroatoms. The van der Waals surface area contributed by atoms with Crippen molar-refractivity contribution in [1.82, 2.24) is 15.1 Å². The SMILES string of the molecule is O=C1N([C@H]2CC[C@H](C(=O)O)CC2)CCN1[C@H]1CC[C@@H](C2CCNCC2)CC1. The predicted octanol–water partition coefficient (Wildman–Crippen LogP) is 2.93. The molecule has 2 N–H and O–H groups in total. The second-order valence-corrected chi connectivity index (χ2v) is 9.17. The van der Waals surface area contributed by atoms with E-state index in [-0.39, 0.29) is 18.0 Å². The minimum Gasteiger partial charge on any atom is -0.481 e. The molecular weight excluding hydrogens is 342 g/mol. The highest BCUT2D eigenvalue weighted by molar-refractivity contribution is 5.77. The minimum absolute atomic E-state index is 0.208. The van der Waals surface area contributed by atoms with Crippen molar-refractivity contribution < 1.29 is 14.7 Å². The summed E-state index contributed by atoms with van der Waals surface area (Å²) in [7, 11) is 0. The van der Waals surface area contributed by atoms with Gasteiger partial charge in [-0.3, -0.25) is 4.79 Å². The van der Waals surface area contributed by atoms with Gasteiger partial charge in [0.25, 0.3) is 0 Å². The molecule has 0 aromatic rings. The van der Waals surface area contributed by atoms with Crippen molar-refractivity contribution in [2.45, 2.75) is 76.3 Å². The lowest BCUT2D eigenvalue weighted by atomic mass is 9.74. The molecule has 2 amide bonds. The number of piperidine rings is 1. The average molecular weight is 378 g/mol. The maximum absolute atomic E-state index is 13.0. The quantitative estimate of drug-likeness (QED) is 0.790. The van der Waals surface area contributed by atoms with Gasteiger partial charge in [-0.25, -0.2) is 4.79 Å². The number of aliphatic carboxylic acids is 1. The van der Waals surface area contributed by atoms with Crippen molar-refractivity contribution in [3.8, 4) is 0 Å². The number of amides is 2. The van der Waals surface area contributed by atoms with Crippen molar-refractivity contribution in [2.75, 3.05) is 26.2 Å². The van der Waals surface area contributed by atoms with Crippen LogP contribution in [0.3, 0.4) is 0 Å².